The van der Waals surface area contributed by atoms with Crippen LogP contribution in [-0.4, -0.2) is 39.8 Å². The Kier molecular flexibility index (Phi) is 10.1. The molecule has 170 valence electrons. The van der Waals surface area contributed by atoms with Crippen LogP contribution in [0.5, 0.6) is 11.5 Å². The van der Waals surface area contributed by atoms with Gasteiger partial charge in [-0.3, -0.25) is 4.79 Å². The summed E-state index contributed by atoms with van der Waals surface area (Å²) >= 11 is 0. The molecule has 0 spiro atoms. The number of amides is 1. The molecule has 0 aliphatic rings. The number of benzene rings is 2. The predicted molar refractivity (Wildman–Crippen MR) is 129 cm³/mol. The van der Waals surface area contributed by atoms with Crippen LogP contribution in [0.25, 0.3) is 6.08 Å². The fourth-order valence-electron chi connectivity index (χ4n) is 3.46. The van der Waals surface area contributed by atoms with Gasteiger partial charge in [-0.2, -0.15) is 5.26 Å². The van der Waals surface area contributed by atoms with Gasteiger partial charge in [0.25, 0.3) is 5.91 Å². The number of nitrogens with zero attached hydrogens (tertiary/aromatic N) is 2. The number of ether oxygens (including phenoxy) is 2. The highest BCUT2D eigenvalue weighted by atomic mass is 16.5. The lowest BCUT2D eigenvalue weighted by atomic mass is 10.1. The van der Waals surface area contributed by atoms with Crippen molar-refractivity contribution in [3.8, 4) is 17.6 Å². The van der Waals surface area contributed by atoms with Gasteiger partial charge < -0.3 is 19.7 Å². The zero-order chi connectivity index (χ0) is 23.3. The lowest BCUT2D eigenvalue weighted by Crippen LogP contribution is -2.26. The Balaban J connectivity index is 1.99. The number of anilines is 1. The third-order valence-corrected chi connectivity index (χ3v) is 5.07. The first-order valence-electron chi connectivity index (χ1n) is 11.0. The van der Waals surface area contributed by atoms with Crippen molar-refractivity contribution in [3.63, 3.8) is 0 Å². The van der Waals surface area contributed by atoms with Crippen molar-refractivity contribution in [2.45, 2.75) is 33.1 Å². The van der Waals surface area contributed by atoms with E-state index >= 15 is 0 Å². The van der Waals surface area contributed by atoms with E-state index in [9.17, 15) is 10.1 Å². The summed E-state index contributed by atoms with van der Waals surface area (Å²) in [5.41, 5.74) is 3.07. The summed E-state index contributed by atoms with van der Waals surface area (Å²) in [6.07, 6.45) is 4.41. The van der Waals surface area contributed by atoms with Crippen molar-refractivity contribution in [2.75, 3.05) is 38.8 Å². The van der Waals surface area contributed by atoms with Gasteiger partial charge in [-0.25, -0.2) is 0 Å². The summed E-state index contributed by atoms with van der Waals surface area (Å²) in [6.45, 7) is 6.77. The molecule has 0 saturated heterocycles. The Hall–Kier alpha value is -3.46. The summed E-state index contributed by atoms with van der Waals surface area (Å²) in [5, 5.41) is 12.3. The van der Waals surface area contributed by atoms with Crippen LogP contribution in [0, 0.1) is 11.3 Å². The van der Waals surface area contributed by atoms with E-state index in [1.165, 1.54) is 0 Å². The first-order valence-corrected chi connectivity index (χ1v) is 11.0. The number of hydrogen-bond donors (Lipinski definition) is 1. The van der Waals surface area contributed by atoms with Crippen LogP contribution in [0.2, 0.25) is 0 Å². The normalized spacial score (nSPS) is 10.9. The first kappa shape index (κ1) is 24.8. The lowest BCUT2D eigenvalue weighted by molar-refractivity contribution is -0.117. The molecule has 0 aliphatic heterocycles. The average Bonchev–Trinajstić information content (AvgIpc) is 2.82. The van der Waals surface area contributed by atoms with Crippen LogP contribution in [0.15, 0.2) is 48.0 Å². The third kappa shape index (κ3) is 7.05. The van der Waals surface area contributed by atoms with E-state index in [1.54, 1.807) is 20.3 Å². The quantitative estimate of drug-likeness (QED) is 0.390. The highest BCUT2D eigenvalue weighted by Crippen LogP contribution is 2.27. The van der Waals surface area contributed by atoms with Gasteiger partial charge in [-0.05, 0) is 60.7 Å². The second-order valence-corrected chi connectivity index (χ2v) is 7.44. The fraction of sp³-hybridized carbons (Fsp3) is 0.385. The van der Waals surface area contributed by atoms with Crippen molar-refractivity contribution in [3.05, 3.63) is 59.2 Å². The molecule has 0 radical (unpaired) electrons. The molecule has 0 fully saturated rings. The number of carbonyl (C=O) groups is 1. The Morgan fingerprint density at radius 3 is 2.25 bits per heavy atom. The molecule has 0 unspecified atom stereocenters. The molecule has 32 heavy (non-hydrogen) atoms. The van der Waals surface area contributed by atoms with Crippen LogP contribution >= 0.6 is 0 Å². The van der Waals surface area contributed by atoms with Gasteiger partial charge in [0.2, 0.25) is 0 Å². The monoisotopic (exact) mass is 435 g/mol. The molecule has 0 bridgehead atoms. The largest absolute Gasteiger partial charge is 0.493 e. The van der Waals surface area contributed by atoms with Crippen LogP contribution in [-0.2, 0) is 11.2 Å². The number of hydrogen-bond acceptors (Lipinski definition) is 5. The van der Waals surface area contributed by atoms with E-state index in [0.29, 0.717) is 24.5 Å². The van der Waals surface area contributed by atoms with Gasteiger partial charge in [-0.15, -0.1) is 0 Å². The van der Waals surface area contributed by atoms with Crippen molar-refractivity contribution < 1.29 is 14.3 Å². The van der Waals surface area contributed by atoms with Crippen LogP contribution < -0.4 is 19.7 Å². The Morgan fingerprint density at radius 2 is 1.69 bits per heavy atom. The number of methoxy groups -OCH3 is 2. The van der Waals surface area contributed by atoms with Crippen molar-refractivity contribution in [1.29, 1.82) is 5.26 Å². The maximum absolute atomic E-state index is 12.5. The molecule has 0 saturated carbocycles. The second kappa shape index (κ2) is 13.1. The van der Waals surface area contributed by atoms with Crippen molar-refractivity contribution in [2.24, 2.45) is 0 Å². The smallest absolute Gasteiger partial charge is 0.261 e. The summed E-state index contributed by atoms with van der Waals surface area (Å²) in [7, 11) is 3.18. The minimum Gasteiger partial charge on any atom is -0.493 e. The maximum Gasteiger partial charge on any atom is 0.261 e. The zero-order valence-electron chi connectivity index (χ0n) is 19.5. The minimum atomic E-state index is -0.379. The molecule has 6 nitrogen and oxygen atoms in total. The Morgan fingerprint density at radius 1 is 1.03 bits per heavy atom. The SMILES string of the molecule is CCCN(CCC)c1ccc(C=C(C#N)C(=O)NCCc2ccc(OC)c(OC)c2)cc1. The molecule has 1 amide bonds. The van der Waals surface area contributed by atoms with Gasteiger partial charge >= 0.3 is 0 Å². The molecule has 0 heterocycles. The van der Waals surface area contributed by atoms with Crippen LogP contribution in [0.4, 0.5) is 5.69 Å². The van der Waals surface area contributed by atoms with Gasteiger partial charge in [0.15, 0.2) is 11.5 Å². The number of nitriles is 1. The molecule has 6 heteroatoms. The molecule has 2 rings (SSSR count). The van der Waals surface area contributed by atoms with E-state index in [-0.39, 0.29) is 11.5 Å². The molecular weight excluding hydrogens is 402 g/mol. The number of rotatable bonds is 12. The molecule has 0 atom stereocenters. The molecule has 2 aromatic rings. The highest BCUT2D eigenvalue weighted by Gasteiger charge is 2.10. The summed E-state index contributed by atoms with van der Waals surface area (Å²) in [6, 6.07) is 15.6. The van der Waals surface area contributed by atoms with Gasteiger partial charge in [0.1, 0.15) is 11.6 Å². The first-order chi connectivity index (χ1) is 15.6. The van der Waals surface area contributed by atoms with Gasteiger partial charge in [0, 0.05) is 25.3 Å². The van der Waals surface area contributed by atoms with E-state index in [0.717, 1.165) is 42.7 Å². The van der Waals surface area contributed by atoms with Gasteiger partial charge in [0.05, 0.1) is 14.2 Å². The molecule has 1 N–H and O–H groups in total. The number of nitrogens with one attached hydrogen (secondary N) is 1. The van der Waals surface area contributed by atoms with Crippen LogP contribution in [0.1, 0.15) is 37.8 Å². The predicted octanol–water partition coefficient (Wildman–Crippen LogP) is 4.60. The zero-order valence-corrected chi connectivity index (χ0v) is 19.5. The van der Waals surface area contributed by atoms with Crippen molar-refractivity contribution >= 4 is 17.7 Å². The van der Waals surface area contributed by atoms with Gasteiger partial charge in [-0.1, -0.05) is 32.0 Å². The van der Waals surface area contributed by atoms with Crippen molar-refractivity contribution in [1.82, 2.24) is 5.32 Å². The van der Waals surface area contributed by atoms with E-state index in [2.05, 4.69) is 24.1 Å². The molecular formula is C26H33N3O3. The summed E-state index contributed by atoms with van der Waals surface area (Å²) < 4.78 is 10.5. The topological polar surface area (TPSA) is 74.6 Å². The number of carbonyl (C=O) groups excluding carboxylic acids is 1. The maximum atomic E-state index is 12.5. The standard InChI is InChI=1S/C26H33N3O3/c1-5-15-29(16-6-2)23-10-7-20(8-11-23)17-22(19-27)26(30)28-14-13-21-9-12-24(31-3)25(18-21)32-4/h7-12,17-18H,5-6,13-16H2,1-4H3,(H,28,30). The minimum absolute atomic E-state index is 0.0871. The average molecular weight is 436 g/mol. The third-order valence-electron chi connectivity index (χ3n) is 5.07. The second-order valence-electron chi connectivity index (χ2n) is 7.44. The summed E-state index contributed by atoms with van der Waals surface area (Å²) in [5.74, 6) is 0.929. The molecule has 0 aliphatic carbocycles. The molecule has 2 aromatic carbocycles. The Bertz CT molecular complexity index is 940. The fourth-order valence-corrected chi connectivity index (χ4v) is 3.46. The van der Waals surface area contributed by atoms with E-state index in [1.807, 2.05) is 48.5 Å². The lowest BCUT2D eigenvalue weighted by Gasteiger charge is -2.23. The van der Waals surface area contributed by atoms with E-state index < -0.39 is 0 Å². The van der Waals surface area contributed by atoms with Crippen LogP contribution in [0.3, 0.4) is 0 Å². The van der Waals surface area contributed by atoms with E-state index in [4.69, 9.17) is 9.47 Å². The molecule has 0 aromatic heterocycles. The summed E-state index contributed by atoms with van der Waals surface area (Å²) in [4.78, 5) is 14.8. The highest BCUT2D eigenvalue weighted by molar-refractivity contribution is 6.01. The Labute approximate surface area is 191 Å².